The highest BCUT2D eigenvalue weighted by Crippen LogP contribution is 2.22. The van der Waals surface area contributed by atoms with Crippen molar-refractivity contribution in [2.24, 2.45) is 0 Å². The van der Waals surface area contributed by atoms with Crippen LogP contribution in [0, 0.1) is 27.7 Å². The molecule has 0 bridgehead atoms. The van der Waals surface area contributed by atoms with Gasteiger partial charge in [-0.05, 0) is 69.6 Å². The third-order valence-electron chi connectivity index (χ3n) is 4.23. The normalized spacial score (nSPS) is 10.8. The van der Waals surface area contributed by atoms with Gasteiger partial charge in [0, 0.05) is 15.8 Å². The Balaban J connectivity index is 1.90. The van der Waals surface area contributed by atoms with E-state index >= 15 is 0 Å². The van der Waals surface area contributed by atoms with Gasteiger partial charge in [-0.3, -0.25) is 14.5 Å². The van der Waals surface area contributed by atoms with Crippen LogP contribution >= 0.6 is 15.9 Å². The second-order valence-corrected chi connectivity index (χ2v) is 7.92. The van der Waals surface area contributed by atoms with E-state index in [0.29, 0.717) is 0 Å². The summed E-state index contributed by atoms with van der Waals surface area (Å²) >= 11 is 3.41. The number of benzene rings is 2. The van der Waals surface area contributed by atoms with Gasteiger partial charge >= 0.3 is 0 Å². The number of aryl methyl sites for hydroxylation is 4. The lowest BCUT2D eigenvalue weighted by atomic mass is 10.1. The first-order chi connectivity index (χ1) is 12.7. The van der Waals surface area contributed by atoms with E-state index in [0.717, 1.165) is 32.5 Å². The van der Waals surface area contributed by atoms with Crippen molar-refractivity contribution in [1.29, 1.82) is 0 Å². The number of rotatable bonds is 6. The van der Waals surface area contributed by atoms with Crippen LogP contribution in [0.1, 0.15) is 22.3 Å². The zero-order valence-electron chi connectivity index (χ0n) is 16.4. The maximum atomic E-state index is 12.4. The van der Waals surface area contributed by atoms with Gasteiger partial charge in [0.15, 0.2) is 0 Å². The van der Waals surface area contributed by atoms with Crippen LogP contribution in [-0.4, -0.2) is 36.9 Å². The molecule has 0 atom stereocenters. The number of likely N-dealkylation sites (N-methyl/N-ethyl adjacent to an activating group) is 1. The zero-order valence-corrected chi connectivity index (χ0v) is 18.0. The summed E-state index contributed by atoms with van der Waals surface area (Å²) in [4.78, 5) is 26.3. The van der Waals surface area contributed by atoms with Crippen LogP contribution in [0.15, 0.2) is 34.8 Å². The number of halogens is 1. The molecule has 0 saturated heterocycles. The minimum absolute atomic E-state index is 0.134. The summed E-state index contributed by atoms with van der Waals surface area (Å²) < 4.78 is 0.966. The summed E-state index contributed by atoms with van der Waals surface area (Å²) in [6, 6.07) is 9.76. The fraction of sp³-hybridized carbons (Fsp3) is 0.333. The van der Waals surface area contributed by atoms with Gasteiger partial charge in [-0.25, -0.2) is 0 Å². The molecule has 0 spiro atoms. The maximum absolute atomic E-state index is 12.4. The van der Waals surface area contributed by atoms with E-state index in [-0.39, 0.29) is 24.9 Å². The molecule has 27 heavy (non-hydrogen) atoms. The minimum Gasteiger partial charge on any atom is -0.325 e. The van der Waals surface area contributed by atoms with Gasteiger partial charge in [0.2, 0.25) is 11.8 Å². The molecule has 2 aromatic rings. The fourth-order valence-electron chi connectivity index (χ4n) is 3.06. The molecule has 2 rings (SSSR count). The van der Waals surface area contributed by atoms with Crippen LogP contribution in [0.3, 0.4) is 0 Å². The molecule has 0 aliphatic rings. The van der Waals surface area contributed by atoms with Crippen molar-refractivity contribution in [3.63, 3.8) is 0 Å². The lowest BCUT2D eigenvalue weighted by molar-refractivity contribution is -0.119. The summed E-state index contributed by atoms with van der Waals surface area (Å²) in [7, 11) is 1.75. The zero-order chi connectivity index (χ0) is 20.1. The van der Waals surface area contributed by atoms with Crippen LogP contribution in [0.25, 0.3) is 0 Å². The molecule has 6 heteroatoms. The number of carbonyl (C=O) groups is 2. The van der Waals surface area contributed by atoms with Crippen LogP contribution in [0.4, 0.5) is 11.4 Å². The first-order valence-corrected chi connectivity index (χ1v) is 9.57. The van der Waals surface area contributed by atoms with Crippen molar-refractivity contribution in [2.75, 3.05) is 30.8 Å². The molecule has 0 heterocycles. The average Bonchev–Trinajstić information content (AvgIpc) is 2.53. The van der Waals surface area contributed by atoms with E-state index in [1.807, 2.05) is 58.0 Å². The number of hydrogen-bond acceptors (Lipinski definition) is 3. The van der Waals surface area contributed by atoms with Crippen LogP contribution in [0.2, 0.25) is 0 Å². The molecule has 0 fully saturated rings. The number of amides is 2. The molecule has 5 nitrogen and oxygen atoms in total. The highest BCUT2D eigenvalue weighted by Gasteiger charge is 2.14. The van der Waals surface area contributed by atoms with Crippen molar-refractivity contribution in [1.82, 2.24) is 4.90 Å². The van der Waals surface area contributed by atoms with Crippen molar-refractivity contribution in [2.45, 2.75) is 27.7 Å². The van der Waals surface area contributed by atoms with Crippen LogP contribution < -0.4 is 10.6 Å². The van der Waals surface area contributed by atoms with Gasteiger partial charge in [0.25, 0.3) is 0 Å². The second-order valence-electron chi connectivity index (χ2n) is 7.00. The number of hydrogen-bond donors (Lipinski definition) is 2. The molecule has 0 unspecified atom stereocenters. The molecule has 2 amide bonds. The Labute approximate surface area is 169 Å². The van der Waals surface area contributed by atoms with E-state index < -0.39 is 0 Å². The summed E-state index contributed by atoms with van der Waals surface area (Å²) in [6.07, 6.45) is 0. The lowest BCUT2D eigenvalue weighted by Gasteiger charge is -2.18. The third-order valence-corrected chi connectivity index (χ3v) is 4.72. The molecule has 0 aromatic heterocycles. The molecule has 144 valence electrons. The molecule has 0 saturated carbocycles. The summed E-state index contributed by atoms with van der Waals surface area (Å²) in [5.41, 5.74) is 5.82. The molecular weight excluding hydrogens is 406 g/mol. The number of anilines is 2. The monoisotopic (exact) mass is 431 g/mol. The molecule has 0 aliphatic carbocycles. The largest absolute Gasteiger partial charge is 0.325 e. The van der Waals surface area contributed by atoms with Gasteiger partial charge in [-0.1, -0.05) is 33.6 Å². The summed E-state index contributed by atoms with van der Waals surface area (Å²) in [6.45, 7) is 8.20. The standard InChI is InChI=1S/C21H26BrN3O2/c1-13-8-15(3)21(16(4)9-13)24-20(27)12-25(5)11-19(26)23-18-7-6-17(22)10-14(18)2/h6-10H,11-12H2,1-5H3,(H,23,26)(H,24,27). The molecule has 0 radical (unpaired) electrons. The summed E-state index contributed by atoms with van der Waals surface area (Å²) in [5.74, 6) is -0.293. The first kappa shape index (κ1) is 21.1. The van der Waals surface area contributed by atoms with Gasteiger partial charge in [-0.15, -0.1) is 0 Å². The fourth-order valence-corrected chi connectivity index (χ4v) is 3.53. The van der Waals surface area contributed by atoms with E-state index in [2.05, 4.69) is 26.6 Å². The first-order valence-electron chi connectivity index (χ1n) is 8.78. The van der Waals surface area contributed by atoms with Crippen LogP contribution in [0.5, 0.6) is 0 Å². The Kier molecular flexibility index (Phi) is 7.16. The van der Waals surface area contributed by atoms with Gasteiger partial charge in [-0.2, -0.15) is 0 Å². The molecule has 0 aliphatic heterocycles. The van der Waals surface area contributed by atoms with Crippen molar-refractivity contribution in [3.8, 4) is 0 Å². The van der Waals surface area contributed by atoms with Gasteiger partial charge < -0.3 is 10.6 Å². The number of carbonyl (C=O) groups excluding carboxylic acids is 2. The topological polar surface area (TPSA) is 61.4 Å². The number of nitrogens with one attached hydrogen (secondary N) is 2. The minimum atomic E-state index is -0.154. The van der Waals surface area contributed by atoms with E-state index in [9.17, 15) is 9.59 Å². The van der Waals surface area contributed by atoms with E-state index in [4.69, 9.17) is 0 Å². The van der Waals surface area contributed by atoms with E-state index in [1.165, 1.54) is 5.56 Å². The predicted octanol–water partition coefficient (Wildman–Crippen LogP) is 4.19. The van der Waals surface area contributed by atoms with Crippen molar-refractivity contribution < 1.29 is 9.59 Å². The van der Waals surface area contributed by atoms with E-state index in [1.54, 1.807) is 11.9 Å². The highest BCUT2D eigenvalue weighted by atomic mass is 79.9. The molecular formula is C21H26BrN3O2. The summed E-state index contributed by atoms with van der Waals surface area (Å²) in [5, 5.41) is 5.84. The second kappa shape index (κ2) is 9.15. The van der Waals surface area contributed by atoms with Crippen LogP contribution in [-0.2, 0) is 9.59 Å². The Morgan fingerprint density at radius 1 is 0.889 bits per heavy atom. The Hall–Kier alpha value is -2.18. The quantitative estimate of drug-likeness (QED) is 0.720. The Bertz CT molecular complexity index is 841. The maximum Gasteiger partial charge on any atom is 0.238 e. The number of nitrogens with zero attached hydrogens (tertiary/aromatic N) is 1. The smallest absolute Gasteiger partial charge is 0.238 e. The van der Waals surface area contributed by atoms with Crippen molar-refractivity contribution >= 4 is 39.1 Å². The molecule has 2 N–H and O–H groups in total. The SMILES string of the molecule is Cc1cc(C)c(NC(=O)CN(C)CC(=O)Nc2ccc(Br)cc2C)c(C)c1. The highest BCUT2D eigenvalue weighted by molar-refractivity contribution is 9.10. The van der Waals surface area contributed by atoms with Gasteiger partial charge in [0.05, 0.1) is 13.1 Å². The Morgan fingerprint density at radius 2 is 1.44 bits per heavy atom. The average molecular weight is 432 g/mol. The van der Waals surface area contributed by atoms with Crippen molar-refractivity contribution in [3.05, 3.63) is 57.1 Å². The Morgan fingerprint density at radius 3 is 2.00 bits per heavy atom. The predicted molar refractivity (Wildman–Crippen MR) is 114 cm³/mol. The third kappa shape index (κ3) is 6.19. The lowest BCUT2D eigenvalue weighted by Crippen LogP contribution is -2.36. The van der Waals surface area contributed by atoms with Gasteiger partial charge in [0.1, 0.15) is 0 Å². The molecule has 2 aromatic carbocycles.